The van der Waals surface area contributed by atoms with Gasteiger partial charge in [-0.1, -0.05) is 0 Å². The summed E-state index contributed by atoms with van der Waals surface area (Å²) in [6, 6.07) is 8.24. The molecule has 0 saturated heterocycles. The van der Waals surface area contributed by atoms with Crippen molar-refractivity contribution in [1.82, 2.24) is 0 Å². The number of carbonyl (C=O) groups is 1. The highest BCUT2D eigenvalue weighted by atomic mass is 16.5. The molecule has 0 atom stereocenters. The second-order valence-corrected chi connectivity index (χ2v) is 1.85. The first-order valence-corrected chi connectivity index (χ1v) is 2.97. The molecular formula is C8H5NO2. The van der Waals surface area contributed by atoms with Gasteiger partial charge in [-0.2, -0.15) is 5.26 Å². The van der Waals surface area contributed by atoms with Crippen molar-refractivity contribution in [3.05, 3.63) is 29.8 Å². The lowest BCUT2D eigenvalue weighted by Crippen LogP contribution is -1.87. The van der Waals surface area contributed by atoms with E-state index >= 15 is 0 Å². The predicted octanol–water partition coefficient (Wildman–Crippen LogP) is 1.09. The van der Waals surface area contributed by atoms with E-state index < -0.39 is 0 Å². The normalized spacial score (nSPS) is 8.27. The van der Waals surface area contributed by atoms with Crippen LogP contribution in [0.25, 0.3) is 0 Å². The molecule has 0 aliphatic carbocycles. The van der Waals surface area contributed by atoms with E-state index in [4.69, 9.17) is 5.26 Å². The largest absolute Gasteiger partial charge is 0.429 e. The van der Waals surface area contributed by atoms with Crippen LogP contribution < -0.4 is 4.74 Å². The van der Waals surface area contributed by atoms with Gasteiger partial charge in [0.25, 0.3) is 6.47 Å². The smallest absolute Gasteiger partial charge is 0.298 e. The van der Waals surface area contributed by atoms with E-state index in [-0.39, 0.29) is 0 Å². The fourth-order valence-corrected chi connectivity index (χ4v) is 0.664. The Morgan fingerprint density at radius 2 is 2.00 bits per heavy atom. The third kappa shape index (κ3) is 1.80. The Balaban J connectivity index is 2.84. The van der Waals surface area contributed by atoms with Crippen molar-refractivity contribution >= 4 is 6.47 Å². The maximum atomic E-state index is 9.84. The average Bonchev–Trinajstić information content (AvgIpc) is 2.07. The molecule has 1 rings (SSSR count). The summed E-state index contributed by atoms with van der Waals surface area (Å²) in [5, 5.41) is 8.40. The van der Waals surface area contributed by atoms with Crippen molar-refractivity contribution < 1.29 is 9.53 Å². The van der Waals surface area contributed by atoms with Gasteiger partial charge in [0, 0.05) is 0 Å². The summed E-state index contributed by atoms with van der Waals surface area (Å²) >= 11 is 0. The van der Waals surface area contributed by atoms with Crippen molar-refractivity contribution in [2.24, 2.45) is 0 Å². The zero-order chi connectivity index (χ0) is 8.10. The molecule has 0 bridgehead atoms. The minimum Gasteiger partial charge on any atom is -0.429 e. The summed E-state index contributed by atoms with van der Waals surface area (Å²) in [7, 11) is 0. The van der Waals surface area contributed by atoms with Gasteiger partial charge in [0.05, 0.1) is 11.6 Å². The van der Waals surface area contributed by atoms with E-state index in [1.165, 1.54) is 0 Å². The standard InChI is InChI=1S/C8H5NO2/c9-5-7-1-3-8(4-2-7)11-6-10/h1-4,6H. The molecule has 0 fully saturated rings. The number of rotatable bonds is 2. The Kier molecular flexibility index (Phi) is 2.24. The first-order chi connectivity index (χ1) is 5.36. The average molecular weight is 147 g/mol. The van der Waals surface area contributed by atoms with Crippen molar-refractivity contribution in [2.75, 3.05) is 0 Å². The van der Waals surface area contributed by atoms with Gasteiger partial charge in [0.2, 0.25) is 0 Å². The monoisotopic (exact) mass is 147 g/mol. The van der Waals surface area contributed by atoms with E-state index in [0.29, 0.717) is 17.8 Å². The molecule has 54 valence electrons. The fourth-order valence-electron chi connectivity index (χ4n) is 0.664. The van der Waals surface area contributed by atoms with Gasteiger partial charge in [0.15, 0.2) is 0 Å². The van der Waals surface area contributed by atoms with Crippen LogP contribution in [-0.4, -0.2) is 6.47 Å². The molecule has 0 aliphatic rings. The second kappa shape index (κ2) is 3.37. The third-order valence-corrected chi connectivity index (χ3v) is 1.17. The number of hydrogen-bond acceptors (Lipinski definition) is 3. The van der Waals surface area contributed by atoms with E-state index in [0.717, 1.165) is 0 Å². The highest BCUT2D eigenvalue weighted by Gasteiger charge is 1.91. The van der Waals surface area contributed by atoms with Crippen LogP contribution in [0.4, 0.5) is 0 Å². The minimum absolute atomic E-state index is 0.349. The maximum Gasteiger partial charge on any atom is 0.298 e. The van der Waals surface area contributed by atoms with Gasteiger partial charge in [-0.15, -0.1) is 0 Å². The van der Waals surface area contributed by atoms with Gasteiger partial charge in [-0.3, -0.25) is 4.79 Å². The number of ether oxygens (including phenoxy) is 1. The van der Waals surface area contributed by atoms with Gasteiger partial charge >= 0.3 is 0 Å². The molecule has 0 unspecified atom stereocenters. The Morgan fingerprint density at radius 3 is 2.45 bits per heavy atom. The molecule has 0 saturated carbocycles. The molecule has 0 heterocycles. The van der Waals surface area contributed by atoms with Crippen molar-refractivity contribution in [1.29, 1.82) is 5.26 Å². The Bertz CT molecular complexity index is 284. The molecule has 3 heteroatoms. The lowest BCUT2D eigenvalue weighted by Gasteiger charge is -1.94. The minimum atomic E-state index is 0.349. The lowest BCUT2D eigenvalue weighted by atomic mass is 10.2. The van der Waals surface area contributed by atoms with Gasteiger partial charge in [-0.25, -0.2) is 0 Å². The maximum absolute atomic E-state index is 9.84. The molecule has 0 radical (unpaired) electrons. The van der Waals surface area contributed by atoms with Crippen molar-refractivity contribution in [2.45, 2.75) is 0 Å². The van der Waals surface area contributed by atoms with E-state index in [1.54, 1.807) is 24.3 Å². The molecule has 1 aromatic rings. The van der Waals surface area contributed by atoms with Gasteiger partial charge < -0.3 is 4.74 Å². The lowest BCUT2D eigenvalue weighted by molar-refractivity contribution is -0.120. The van der Waals surface area contributed by atoms with Crippen LogP contribution in [0.3, 0.4) is 0 Å². The van der Waals surface area contributed by atoms with Crippen LogP contribution >= 0.6 is 0 Å². The number of nitriles is 1. The topological polar surface area (TPSA) is 50.1 Å². The zero-order valence-electron chi connectivity index (χ0n) is 5.65. The number of hydrogen-bond donors (Lipinski definition) is 0. The summed E-state index contributed by atoms with van der Waals surface area (Å²) in [4.78, 5) is 9.84. The Labute approximate surface area is 63.8 Å². The Morgan fingerprint density at radius 1 is 1.36 bits per heavy atom. The highest BCUT2D eigenvalue weighted by Crippen LogP contribution is 2.09. The van der Waals surface area contributed by atoms with Crippen LogP contribution in [0.5, 0.6) is 5.75 Å². The molecule has 3 nitrogen and oxygen atoms in total. The molecule has 0 spiro atoms. The summed E-state index contributed by atoms with van der Waals surface area (Å²) in [6.07, 6.45) is 0. The van der Waals surface area contributed by atoms with Crippen LogP contribution in [0.2, 0.25) is 0 Å². The summed E-state index contributed by atoms with van der Waals surface area (Å²) in [6.45, 7) is 0.349. The second-order valence-electron chi connectivity index (χ2n) is 1.85. The van der Waals surface area contributed by atoms with Crippen molar-refractivity contribution in [3.63, 3.8) is 0 Å². The molecule has 11 heavy (non-hydrogen) atoms. The predicted molar refractivity (Wildman–Crippen MR) is 37.8 cm³/mol. The van der Waals surface area contributed by atoms with Crippen LogP contribution in [0, 0.1) is 11.3 Å². The van der Waals surface area contributed by atoms with Gasteiger partial charge in [-0.05, 0) is 24.3 Å². The van der Waals surface area contributed by atoms with E-state index in [2.05, 4.69) is 4.74 Å². The molecule has 1 aromatic carbocycles. The Hall–Kier alpha value is -1.82. The van der Waals surface area contributed by atoms with Crippen LogP contribution in [0.15, 0.2) is 24.3 Å². The van der Waals surface area contributed by atoms with Gasteiger partial charge in [0.1, 0.15) is 5.75 Å². The number of benzene rings is 1. The first kappa shape index (κ1) is 7.29. The van der Waals surface area contributed by atoms with Crippen LogP contribution in [0.1, 0.15) is 5.56 Å². The quantitative estimate of drug-likeness (QED) is 0.588. The van der Waals surface area contributed by atoms with Crippen LogP contribution in [-0.2, 0) is 4.79 Å². The molecule has 0 aliphatic heterocycles. The van der Waals surface area contributed by atoms with E-state index in [1.807, 2.05) is 6.07 Å². The molecule has 0 N–H and O–H groups in total. The molecule has 0 aromatic heterocycles. The number of carbonyl (C=O) groups excluding carboxylic acids is 1. The fraction of sp³-hybridized carbons (Fsp3) is 0. The third-order valence-electron chi connectivity index (χ3n) is 1.17. The van der Waals surface area contributed by atoms with E-state index in [9.17, 15) is 4.79 Å². The summed E-state index contributed by atoms with van der Waals surface area (Å²) in [5.41, 5.74) is 0.545. The summed E-state index contributed by atoms with van der Waals surface area (Å²) in [5.74, 6) is 0.444. The SMILES string of the molecule is N#Cc1ccc(OC=O)cc1. The zero-order valence-corrected chi connectivity index (χ0v) is 5.65. The number of nitrogens with zero attached hydrogens (tertiary/aromatic N) is 1. The van der Waals surface area contributed by atoms with Crippen molar-refractivity contribution in [3.8, 4) is 11.8 Å². The molecule has 0 amide bonds. The first-order valence-electron chi connectivity index (χ1n) is 2.97. The highest BCUT2D eigenvalue weighted by molar-refractivity contribution is 5.46. The summed E-state index contributed by atoms with van der Waals surface area (Å²) < 4.78 is 4.52. The molecular weight excluding hydrogens is 142 g/mol.